The van der Waals surface area contributed by atoms with Gasteiger partial charge in [-0.05, 0) is 19.1 Å². The molecule has 6 heteroatoms. The molecule has 2 nitrogen and oxygen atoms in total. The van der Waals surface area contributed by atoms with Gasteiger partial charge in [0.1, 0.15) is 0 Å². The smallest absolute Gasteiger partial charge is 0.351 e. The number of benzene rings is 1. The first-order valence-electron chi connectivity index (χ1n) is 4.91. The first-order chi connectivity index (χ1) is 7.82. The lowest BCUT2D eigenvalue weighted by molar-refractivity contribution is -0.137. The lowest BCUT2D eigenvalue weighted by Gasteiger charge is -2.12. The minimum absolute atomic E-state index is 0.118. The number of hydrogen-bond acceptors (Lipinski definition) is 1. The van der Waals surface area contributed by atoms with Crippen LogP contribution in [0, 0.1) is 0 Å². The number of carbonyl (C=O) groups is 1. The number of amides is 1. The molecule has 1 aromatic carbocycles. The van der Waals surface area contributed by atoms with Gasteiger partial charge in [0.25, 0.3) is 5.91 Å². The molecule has 0 radical (unpaired) electrons. The molecule has 0 saturated heterocycles. The molecule has 1 N–H and O–H groups in total. The summed E-state index contributed by atoms with van der Waals surface area (Å²) in [7, 11) is 0. The second-order valence-corrected chi connectivity index (χ2v) is 4.28. The summed E-state index contributed by atoms with van der Waals surface area (Å²) < 4.78 is 37.8. The molecule has 0 aromatic heterocycles. The highest BCUT2D eigenvalue weighted by Gasteiger charge is 2.34. The van der Waals surface area contributed by atoms with Crippen LogP contribution in [0.5, 0.6) is 0 Å². The molecular weight excluding hydrogens is 255 g/mol. The van der Waals surface area contributed by atoms with Crippen molar-refractivity contribution in [1.29, 1.82) is 0 Å². The van der Waals surface area contributed by atoms with Crippen LogP contribution < -0.4 is 5.32 Å². The first-order valence-corrected chi connectivity index (χ1v) is 5.34. The van der Waals surface area contributed by atoms with Crippen LogP contribution >= 0.6 is 11.6 Å². The van der Waals surface area contributed by atoms with E-state index in [1.807, 2.05) is 0 Å². The normalized spacial score (nSPS) is 13.2. The van der Waals surface area contributed by atoms with Crippen molar-refractivity contribution in [2.24, 2.45) is 0 Å². The minimum Gasteiger partial charge on any atom is -0.351 e. The molecule has 0 heterocycles. The molecule has 0 aliphatic heterocycles. The number of rotatable bonds is 3. The third-order valence-electron chi connectivity index (χ3n) is 2.02. The molecule has 0 aliphatic carbocycles. The van der Waals surface area contributed by atoms with Gasteiger partial charge in [-0.2, -0.15) is 13.2 Å². The molecule has 0 aliphatic rings. The zero-order valence-electron chi connectivity index (χ0n) is 9.01. The summed E-state index contributed by atoms with van der Waals surface area (Å²) in [6.45, 7) is 1.75. The van der Waals surface area contributed by atoms with Crippen LogP contribution in [0.2, 0.25) is 0 Å². The summed E-state index contributed by atoms with van der Waals surface area (Å²) in [5.74, 6) is -0.773. The van der Waals surface area contributed by atoms with E-state index in [0.717, 1.165) is 12.1 Å². The quantitative estimate of drug-likeness (QED) is 0.836. The molecule has 1 aromatic rings. The summed E-state index contributed by atoms with van der Waals surface area (Å²) >= 11 is 5.60. The number of hydrogen-bond donors (Lipinski definition) is 1. The van der Waals surface area contributed by atoms with Crippen molar-refractivity contribution >= 4 is 17.5 Å². The summed E-state index contributed by atoms with van der Waals surface area (Å²) in [4.78, 5) is 11.5. The first kappa shape index (κ1) is 13.8. The van der Waals surface area contributed by atoms with Crippen molar-refractivity contribution in [3.05, 3.63) is 35.4 Å². The van der Waals surface area contributed by atoms with E-state index in [0.29, 0.717) is 0 Å². The molecule has 0 fully saturated rings. The van der Waals surface area contributed by atoms with E-state index >= 15 is 0 Å². The molecule has 0 spiro atoms. The van der Waals surface area contributed by atoms with Gasteiger partial charge < -0.3 is 5.32 Å². The number of carbonyl (C=O) groups excluding carboxylic acids is 1. The van der Waals surface area contributed by atoms with Gasteiger partial charge in [-0.25, -0.2) is 0 Å². The average molecular weight is 266 g/mol. The summed E-state index contributed by atoms with van der Waals surface area (Å²) in [6, 6.07) is 4.63. The Morgan fingerprint density at radius 1 is 1.41 bits per heavy atom. The second-order valence-electron chi connectivity index (χ2n) is 3.53. The van der Waals surface area contributed by atoms with Crippen LogP contribution in [0.3, 0.4) is 0 Å². The van der Waals surface area contributed by atoms with Gasteiger partial charge in [-0.1, -0.05) is 12.1 Å². The average Bonchev–Trinajstić information content (AvgIpc) is 2.24. The van der Waals surface area contributed by atoms with E-state index in [9.17, 15) is 18.0 Å². The van der Waals surface area contributed by atoms with Crippen LogP contribution in [0.15, 0.2) is 24.3 Å². The van der Waals surface area contributed by atoms with Crippen molar-refractivity contribution < 1.29 is 18.0 Å². The van der Waals surface area contributed by atoms with E-state index < -0.39 is 23.2 Å². The maximum absolute atomic E-state index is 12.6. The fraction of sp³-hybridized carbons (Fsp3) is 0.364. The maximum atomic E-state index is 12.6. The van der Waals surface area contributed by atoms with Crippen molar-refractivity contribution in [1.82, 2.24) is 5.32 Å². The van der Waals surface area contributed by atoms with E-state index in [4.69, 9.17) is 11.6 Å². The van der Waals surface area contributed by atoms with Crippen LogP contribution in [0.1, 0.15) is 22.8 Å². The molecule has 94 valence electrons. The van der Waals surface area contributed by atoms with E-state index in [2.05, 4.69) is 5.32 Å². The third kappa shape index (κ3) is 3.93. The Kier molecular flexibility index (Phi) is 4.40. The Balaban J connectivity index is 2.94. The Morgan fingerprint density at radius 3 is 2.53 bits per heavy atom. The summed E-state index contributed by atoms with van der Waals surface area (Å²) in [5, 5.41) is 2.00. The molecule has 1 unspecified atom stereocenters. The molecule has 1 rings (SSSR count). The Labute approximate surface area is 102 Å². The Bertz CT molecular complexity index is 404. The van der Waals surface area contributed by atoms with Gasteiger partial charge in [0.15, 0.2) is 0 Å². The van der Waals surface area contributed by atoms with Crippen molar-refractivity contribution in [2.45, 2.75) is 18.5 Å². The van der Waals surface area contributed by atoms with Crippen molar-refractivity contribution in [2.75, 3.05) is 6.54 Å². The molecule has 1 amide bonds. The maximum Gasteiger partial charge on any atom is 0.417 e. The molecular formula is C11H11ClF3NO. The Hall–Kier alpha value is -1.23. The lowest BCUT2D eigenvalue weighted by atomic mass is 10.1. The standard InChI is InChI=1S/C11H11ClF3NO/c1-7(12)6-16-10(17)8-4-2-3-5-9(8)11(13,14)15/h2-5,7H,6H2,1H3,(H,16,17). The van der Waals surface area contributed by atoms with Gasteiger partial charge >= 0.3 is 6.18 Å². The highest BCUT2D eigenvalue weighted by molar-refractivity contribution is 6.20. The fourth-order valence-electron chi connectivity index (χ4n) is 1.26. The van der Waals surface area contributed by atoms with Gasteiger partial charge in [-0.15, -0.1) is 11.6 Å². The molecule has 17 heavy (non-hydrogen) atoms. The van der Waals surface area contributed by atoms with Gasteiger partial charge in [0.05, 0.1) is 11.1 Å². The number of halogens is 4. The van der Waals surface area contributed by atoms with Gasteiger partial charge in [0, 0.05) is 11.9 Å². The largest absolute Gasteiger partial charge is 0.417 e. The lowest BCUT2D eigenvalue weighted by Crippen LogP contribution is -2.30. The highest BCUT2D eigenvalue weighted by Crippen LogP contribution is 2.31. The SMILES string of the molecule is CC(Cl)CNC(=O)c1ccccc1C(F)(F)F. The molecule has 1 atom stereocenters. The second kappa shape index (κ2) is 5.40. The van der Waals surface area contributed by atoms with Crippen molar-refractivity contribution in [3.63, 3.8) is 0 Å². The van der Waals surface area contributed by atoms with Crippen LogP contribution in [0.25, 0.3) is 0 Å². The predicted octanol–water partition coefficient (Wildman–Crippen LogP) is 3.06. The number of alkyl halides is 4. The zero-order chi connectivity index (χ0) is 13.1. The summed E-state index contributed by atoms with van der Waals surface area (Å²) in [6.07, 6.45) is -4.54. The fourth-order valence-corrected chi connectivity index (χ4v) is 1.33. The van der Waals surface area contributed by atoms with Crippen molar-refractivity contribution in [3.8, 4) is 0 Å². The Morgan fingerprint density at radius 2 is 2.00 bits per heavy atom. The minimum atomic E-state index is -4.54. The van der Waals surface area contributed by atoms with Crippen LogP contribution in [-0.4, -0.2) is 17.8 Å². The van der Waals surface area contributed by atoms with Crippen LogP contribution in [-0.2, 0) is 6.18 Å². The van der Waals surface area contributed by atoms with E-state index in [-0.39, 0.29) is 11.9 Å². The topological polar surface area (TPSA) is 29.1 Å². The van der Waals surface area contributed by atoms with Gasteiger partial charge in [-0.3, -0.25) is 4.79 Å². The third-order valence-corrected chi connectivity index (χ3v) is 2.18. The molecule has 0 saturated carbocycles. The van der Waals surface area contributed by atoms with E-state index in [1.54, 1.807) is 6.92 Å². The number of nitrogens with one attached hydrogen (secondary N) is 1. The monoisotopic (exact) mass is 265 g/mol. The van der Waals surface area contributed by atoms with Crippen LogP contribution in [0.4, 0.5) is 13.2 Å². The molecule has 0 bridgehead atoms. The van der Waals surface area contributed by atoms with E-state index in [1.165, 1.54) is 12.1 Å². The summed E-state index contributed by atoms with van der Waals surface area (Å²) in [5.41, 5.74) is -1.34. The zero-order valence-corrected chi connectivity index (χ0v) is 9.77. The van der Waals surface area contributed by atoms with Gasteiger partial charge in [0.2, 0.25) is 0 Å². The predicted molar refractivity (Wildman–Crippen MR) is 59.1 cm³/mol. The highest BCUT2D eigenvalue weighted by atomic mass is 35.5.